The van der Waals surface area contributed by atoms with Crippen molar-refractivity contribution in [1.82, 2.24) is 15.1 Å². The van der Waals surface area contributed by atoms with E-state index in [1.165, 1.54) is 17.6 Å². The molecule has 3 heterocycles. The van der Waals surface area contributed by atoms with Gasteiger partial charge in [-0.05, 0) is 32.0 Å². The van der Waals surface area contributed by atoms with Crippen LogP contribution in [0.1, 0.15) is 39.3 Å². The smallest absolute Gasteiger partial charge is 0.261 e. The summed E-state index contributed by atoms with van der Waals surface area (Å²) in [5.74, 6) is 0.0131. The number of nitrogens with one attached hydrogen (secondary N) is 1. The van der Waals surface area contributed by atoms with Gasteiger partial charge in [0.05, 0.1) is 16.8 Å². The van der Waals surface area contributed by atoms with Crippen molar-refractivity contribution in [3.05, 3.63) is 40.8 Å². The lowest BCUT2D eigenvalue weighted by Crippen LogP contribution is -2.33. The van der Waals surface area contributed by atoms with Gasteiger partial charge in [-0.1, -0.05) is 0 Å². The lowest BCUT2D eigenvalue weighted by molar-refractivity contribution is 0.0909. The fourth-order valence-corrected chi connectivity index (χ4v) is 3.51. The Morgan fingerprint density at radius 2 is 2.26 bits per heavy atom. The van der Waals surface area contributed by atoms with E-state index < -0.39 is 0 Å². The Bertz CT molecular complexity index is 826. The molecule has 0 fully saturated rings. The number of amides is 1. The zero-order valence-electron chi connectivity index (χ0n) is 13.1. The van der Waals surface area contributed by atoms with Crippen molar-refractivity contribution < 1.29 is 14.0 Å². The number of thiophene rings is 1. The van der Waals surface area contributed by atoms with Gasteiger partial charge < -0.3 is 9.73 Å². The van der Waals surface area contributed by atoms with Gasteiger partial charge in [-0.15, -0.1) is 11.3 Å². The molecule has 1 N–H and O–H groups in total. The monoisotopic (exact) mass is 331 g/mol. The number of aromatic nitrogens is 2. The largest absolute Gasteiger partial charge is 0.461 e. The fourth-order valence-electron chi connectivity index (χ4n) is 2.48. The predicted molar refractivity (Wildman–Crippen MR) is 87.9 cm³/mol. The van der Waals surface area contributed by atoms with Gasteiger partial charge in [-0.25, -0.2) is 0 Å². The molecule has 0 aliphatic carbocycles. The van der Waals surface area contributed by atoms with Gasteiger partial charge in [0.15, 0.2) is 11.5 Å². The van der Waals surface area contributed by atoms with Crippen LogP contribution in [0, 0.1) is 6.92 Å². The molecule has 0 aliphatic heterocycles. The van der Waals surface area contributed by atoms with Crippen LogP contribution >= 0.6 is 11.3 Å². The van der Waals surface area contributed by atoms with Crippen LogP contribution in [-0.4, -0.2) is 27.5 Å². The quantitative estimate of drug-likeness (QED) is 0.729. The molecule has 0 unspecified atom stereocenters. The molecule has 0 saturated carbocycles. The molecule has 3 aromatic heterocycles. The summed E-state index contributed by atoms with van der Waals surface area (Å²) in [6.07, 6.45) is 1.66. The van der Waals surface area contributed by atoms with Gasteiger partial charge in [0.2, 0.25) is 0 Å². The van der Waals surface area contributed by atoms with E-state index in [0.717, 1.165) is 15.9 Å². The van der Waals surface area contributed by atoms with Gasteiger partial charge in [-0.2, -0.15) is 5.10 Å². The number of fused-ring (bicyclic) bond motifs is 1. The van der Waals surface area contributed by atoms with Crippen molar-refractivity contribution in [3.8, 4) is 0 Å². The lowest BCUT2D eigenvalue weighted by atomic mass is 10.1. The highest BCUT2D eigenvalue weighted by molar-refractivity contribution is 7.20. The number of hydrogen-bond acceptors (Lipinski definition) is 5. The number of Topliss-reactive ketones (excluding diaryl/α,β-unsaturated/α-hetero) is 1. The molecule has 23 heavy (non-hydrogen) atoms. The number of hydrogen-bond donors (Lipinski definition) is 1. The molecule has 7 heteroatoms. The first kappa shape index (κ1) is 15.5. The highest BCUT2D eigenvalue weighted by Crippen LogP contribution is 2.27. The van der Waals surface area contributed by atoms with E-state index in [0.29, 0.717) is 10.6 Å². The summed E-state index contributed by atoms with van der Waals surface area (Å²) in [6.45, 7) is 3.72. The van der Waals surface area contributed by atoms with Crippen LogP contribution in [0.25, 0.3) is 10.2 Å². The third-order valence-corrected chi connectivity index (χ3v) is 4.79. The molecule has 0 bridgehead atoms. The molecule has 1 amide bonds. The predicted octanol–water partition coefficient (Wildman–Crippen LogP) is 2.93. The second kappa shape index (κ2) is 6.00. The molecular weight excluding hydrogens is 314 g/mol. The topological polar surface area (TPSA) is 77.1 Å². The number of rotatable bonds is 5. The third kappa shape index (κ3) is 3.05. The SMILES string of the molecule is Cc1nn(C)c2sc(C(=O)N[C@@H](C)CC(=O)c3ccco3)cc12. The van der Waals surface area contributed by atoms with E-state index in [1.807, 2.05) is 20.0 Å². The second-order valence-corrected chi connectivity index (χ2v) is 6.55. The zero-order chi connectivity index (χ0) is 16.6. The molecule has 0 aromatic carbocycles. The highest BCUT2D eigenvalue weighted by Gasteiger charge is 2.19. The summed E-state index contributed by atoms with van der Waals surface area (Å²) < 4.78 is 6.85. The number of nitrogens with zero attached hydrogens (tertiary/aromatic N) is 2. The van der Waals surface area contributed by atoms with Crippen LogP contribution in [0.2, 0.25) is 0 Å². The van der Waals surface area contributed by atoms with E-state index in [-0.39, 0.29) is 24.2 Å². The molecule has 1 atom stereocenters. The zero-order valence-corrected chi connectivity index (χ0v) is 13.9. The molecule has 0 saturated heterocycles. The Morgan fingerprint density at radius 3 is 2.91 bits per heavy atom. The minimum Gasteiger partial charge on any atom is -0.461 e. The van der Waals surface area contributed by atoms with Crippen molar-refractivity contribution in [3.63, 3.8) is 0 Å². The number of furan rings is 1. The van der Waals surface area contributed by atoms with Crippen LogP contribution in [0.3, 0.4) is 0 Å². The highest BCUT2D eigenvalue weighted by atomic mass is 32.1. The second-order valence-electron chi connectivity index (χ2n) is 5.52. The Labute approximate surface area is 137 Å². The standard InChI is InChI=1S/C16H17N3O3S/c1-9(7-12(20)13-5-4-6-22-13)17-15(21)14-8-11-10(2)18-19(3)16(11)23-14/h4-6,8-9H,7H2,1-3H3,(H,17,21)/t9-/m0/s1. The van der Waals surface area contributed by atoms with Gasteiger partial charge in [-0.3, -0.25) is 14.3 Å². The Kier molecular flexibility index (Phi) is 4.04. The molecular formula is C16H17N3O3S. The lowest BCUT2D eigenvalue weighted by Gasteiger charge is -2.11. The van der Waals surface area contributed by atoms with Crippen molar-refractivity contribution in [1.29, 1.82) is 0 Å². The van der Waals surface area contributed by atoms with Crippen molar-refractivity contribution in [2.45, 2.75) is 26.3 Å². The first-order chi connectivity index (χ1) is 11.0. The fraction of sp³-hybridized carbons (Fsp3) is 0.312. The maximum Gasteiger partial charge on any atom is 0.261 e. The Balaban J connectivity index is 1.67. The van der Waals surface area contributed by atoms with Crippen LogP contribution < -0.4 is 5.32 Å². The molecule has 3 rings (SSSR count). The van der Waals surface area contributed by atoms with Crippen LogP contribution in [-0.2, 0) is 7.05 Å². The van der Waals surface area contributed by atoms with E-state index in [1.54, 1.807) is 23.7 Å². The van der Waals surface area contributed by atoms with Gasteiger partial charge in [0, 0.05) is 24.9 Å². The van der Waals surface area contributed by atoms with Crippen LogP contribution in [0.4, 0.5) is 0 Å². The molecule has 3 aromatic rings. The minimum atomic E-state index is -0.274. The van der Waals surface area contributed by atoms with Gasteiger partial charge in [0.1, 0.15) is 4.83 Å². The van der Waals surface area contributed by atoms with Crippen LogP contribution in [0.5, 0.6) is 0 Å². The average Bonchev–Trinajstić information content (AvgIpc) is 3.19. The average molecular weight is 331 g/mol. The number of carbonyl (C=O) groups is 2. The van der Waals surface area contributed by atoms with Crippen LogP contribution in [0.15, 0.2) is 28.9 Å². The Morgan fingerprint density at radius 1 is 1.48 bits per heavy atom. The van der Waals surface area contributed by atoms with Crippen molar-refractivity contribution >= 4 is 33.2 Å². The Hall–Kier alpha value is -2.41. The molecule has 0 spiro atoms. The molecule has 120 valence electrons. The van der Waals surface area contributed by atoms with Gasteiger partial charge >= 0.3 is 0 Å². The normalized spacial score (nSPS) is 12.5. The molecule has 6 nitrogen and oxygen atoms in total. The summed E-state index contributed by atoms with van der Waals surface area (Å²) in [5, 5.41) is 8.17. The van der Waals surface area contributed by atoms with E-state index >= 15 is 0 Å². The minimum absolute atomic E-state index is 0.126. The summed E-state index contributed by atoms with van der Waals surface area (Å²) >= 11 is 1.40. The van der Waals surface area contributed by atoms with E-state index in [9.17, 15) is 9.59 Å². The number of aryl methyl sites for hydroxylation is 2. The molecule has 0 radical (unpaired) electrons. The van der Waals surface area contributed by atoms with Crippen molar-refractivity contribution in [2.75, 3.05) is 0 Å². The summed E-state index contributed by atoms with van der Waals surface area (Å²) in [5.41, 5.74) is 0.902. The van der Waals surface area contributed by atoms with E-state index in [2.05, 4.69) is 10.4 Å². The number of ketones is 1. The maximum atomic E-state index is 12.3. The maximum absolute atomic E-state index is 12.3. The summed E-state index contributed by atoms with van der Waals surface area (Å²) in [6, 6.07) is 4.87. The summed E-state index contributed by atoms with van der Waals surface area (Å²) in [4.78, 5) is 25.9. The number of carbonyl (C=O) groups excluding carboxylic acids is 2. The van der Waals surface area contributed by atoms with Crippen molar-refractivity contribution in [2.24, 2.45) is 7.05 Å². The first-order valence-electron chi connectivity index (χ1n) is 7.26. The molecule has 0 aliphatic rings. The third-order valence-electron chi connectivity index (χ3n) is 3.59. The van der Waals surface area contributed by atoms with E-state index in [4.69, 9.17) is 4.42 Å². The first-order valence-corrected chi connectivity index (χ1v) is 8.08. The van der Waals surface area contributed by atoms with Gasteiger partial charge in [0.25, 0.3) is 5.91 Å². The summed E-state index contributed by atoms with van der Waals surface area (Å²) in [7, 11) is 1.86.